The Kier molecular flexibility index (Phi) is 5.24. The lowest BCUT2D eigenvalue weighted by molar-refractivity contribution is -0.135. The highest BCUT2D eigenvalue weighted by Gasteiger charge is 2.24. The van der Waals surface area contributed by atoms with Crippen molar-refractivity contribution >= 4 is 28.0 Å². The van der Waals surface area contributed by atoms with Crippen molar-refractivity contribution in [2.24, 2.45) is 0 Å². The van der Waals surface area contributed by atoms with Crippen LogP contribution in [0.4, 0.5) is 0 Å². The van der Waals surface area contributed by atoms with Crippen LogP contribution in [0.15, 0.2) is 33.5 Å². The second-order valence-corrected chi connectivity index (χ2v) is 7.83. The van der Waals surface area contributed by atoms with Gasteiger partial charge in [-0.25, -0.2) is 4.98 Å². The molecule has 2 aliphatic heterocycles. The van der Waals surface area contributed by atoms with Crippen molar-refractivity contribution in [1.29, 1.82) is 0 Å². The summed E-state index contributed by atoms with van der Waals surface area (Å²) >= 11 is 0. The van der Waals surface area contributed by atoms with E-state index in [9.17, 15) is 9.59 Å². The van der Waals surface area contributed by atoms with E-state index in [2.05, 4.69) is 19.8 Å². The summed E-state index contributed by atoms with van der Waals surface area (Å²) in [5.41, 5.74) is 1.27. The topological polar surface area (TPSA) is 94.9 Å². The van der Waals surface area contributed by atoms with Crippen LogP contribution >= 0.6 is 0 Å². The molecule has 0 spiro atoms. The second-order valence-electron chi connectivity index (χ2n) is 7.83. The van der Waals surface area contributed by atoms with Crippen molar-refractivity contribution in [3.8, 4) is 0 Å². The van der Waals surface area contributed by atoms with Crippen molar-refractivity contribution in [3.05, 3.63) is 40.4 Å². The molecule has 3 aromatic rings. The van der Waals surface area contributed by atoms with Gasteiger partial charge in [0.2, 0.25) is 11.5 Å². The summed E-state index contributed by atoms with van der Waals surface area (Å²) in [5, 5.41) is 0.846. The van der Waals surface area contributed by atoms with Crippen molar-refractivity contribution in [2.45, 2.75) is 6.54 Å². The third-order valence-electron chi connectivity index (χ3n) is 5.84. The summed E-state index contributed by atoms with van der Waals surface area (Å²) in [4.78, 5) is 38.8. The first-order valence-electron chi connectivity index (χ1n) is 10.4. The number of piperazine rings is 1. The zero-order valence-electron chi connectivity index (χ0n) is 16.8. The van der Waals surface area contributed by atoms with Gasteiger partial charge < -0.3 is 19.0 Å². The Morgan fingerprint density at radius 3 is 2.60 bits per heavy atom. The van der Waals surface area contributed by atoms with Gasteiger partial charge in [0.15, 0.2) is 0 Å². The van der Waals surface area contributed by atoms with Crippen LogP contribution in [-0.2, 0) is 16.1 Å². The summed E-state index contributed by atoms with van der Waals surface area (Å²) in [6.07, 6.45) is 0. The molecule has 0 saturated carbocycles. The fourth-order valence-corrected chi connectivity index (χ4v) is 4.14. The molecule has 0 unspecified atom stereocenters. The van der Waals surface area contributed by atoms with Gasteiger partial charge in [-0.05, 0) is 12.1 Å². The van der Waals surface area contributed by atoms with Gasteiger partial charge in [-0.2, -0.15) is 0 Å². The van der Waals surface area contributed by atoms with Gasteiger partial charge in [-0.1, -0.05) is 12.1 Å². The monoisotopic (exact) mass is 411 g/mol. The highest BCUT2D eigenvalue weighted by Crippen LogP contribution is 2.24. The number of fused-ring (bicyclic) bond motifs is 3. The summed E-state index contributed by atoms with van der Waals surface area (Å²) in [6, 6.07) is 7.53. The molecule has 1 aromatic carbocycles. The molecule has 158 valence electrons. The lowest BCUT2D eigenvalue weighted by atomic mass is 10.2. The van der Waals surface area contributed by atoms with E-state index in [1.807, 2.05) is 29.2 Å². The van der Waals surface area contributed by atoms with E-state index in [0.717, 1.165) is 31.6 Å². The molecule has 9 heteroatoms. The first kappa shape index (κ1) is 19.2. The number of hydrogen-bond acceptors (Lipinski definition) is 7. The maximum atomic E-state index is 12.6. The van der Waals surface area contributed by atoms with Gasteiger partial charge in [0.25, 0.3) is 5.56 Å². The van der Waals surface area contributed by atoms with Crippen LogP contribution in [-0.4, -0.2) is 89.6 Å². The number of para-hydroxylation sites is 1. The van der Waals surface area contributed by atoms with Gasteiger partial charge in [-0.3, -0.25) is 19.4 Å². The van der Waals surface area contributed by atoms with E-state index in [0.29, 0.717) is 56.3 Å². The smallest absolute Gasteiger partial charge is 0.294 e. The minimum atomic E-state index is -0.259. The standard InChI is InChI=1S/C21H25N5O4/c27-18(14-25-9-11-29-12-10-25)26-7-5-24(6-8-26)13-17-22-19-15-3-1-2-4-16(15)30-20(19)21(28)23-17/h1-4H,5-14H2,(H,22,23,28). The van der Waals surface area contributed by atoms with Crippen LogP contribution < -0.4 is 5.56 Å². The number of furan rings is 1. The van der Waals surface area contributed by atoms with E-state index in [1.54, 1.807) is 0 Å². The molecule has 2 aromatic heterocycles. The lowest BCUT2D eigenvalue weighted by Crippen LogP contribution is -2.52. The molecule has 0 aliphatic carbocycles. The number of rotatable bonds is 4. The lowest BCUT2D eigenvalue weighted by Gasteiger charge is -2.36. The second kappa shape index (κ2) is 8.17. The average molecular weight is 411 g/mol. The van der Waals surface area contributed by atoms with Crippen LogP contribution in [0, 0.1) is 0 Å². The van der Waals surface area contributed by atoms with E-state index in [4.69, 9.17) is 9.15 Å². The highest BCUT2D eigenvalue weighted by atomic mass is 16.5. The number of nitrogens with zero attached hydrogens (tertiary/aromatic N) is 4. The normalized spacial score (nSPS) is 19.0. The molecule has 2 saturated heterocycles. The van der Waals surface area contributed by atoms with Crippen LogP contribution in [0.2, 0.25) is 0 Å². The molecule has 30 heavy (non-hydrogen) atoms. The number of aromatic nitrogens is 2. The zero-order valence-corrected chi connectivity index (χ0v) is 16.8. The number of H-pyrrole nitrogens is 1. The number of amides is 1. The predicted octanol–water partition coefficient (Wildman–Crippen LogP) is 0.646. The Labute approximate surface area is 173 Å². The number of ether oxygens (including phenoxy) is 1. The number of benzene rings is 1. The van der Waals surface area contributed by atoms with E-state index < -0.39 is 0 Å². The molecule has 1 amide bonds. The summed E-state index contributed by atoms with van der Waals surface area (Å²) < 4.78 is 11.0. The minimum Gasteiger partial charge on any atom is -0.449 e. The molecule has 0 atom stereocenters. The van der Waals surface area contributed by atoms with Crippen molar-refractivity contribution in [3.63, 3.8) is 0 Å². The Balaban J connectivity index is 1.23. The molecular formula is C21H25N5O4. The van der Waals surface area contributed by atoms with Gasteiger partial charge in [0, 0.05) is 44.7 Å². The largest absolute Gasteiger partial charge is 0.449 e. The maximum absolute atomic E-state index is 12.6. The van der Waals surface area contributed by atoms with Crippen LogP contribution in [0.25, 0.3) is 22.1 Å². The molecular weight excluding hydrogens is 386 g/mol. The average Bonchev–Trinajstić information content (AvgIpc) is 3.14. The molecule has 1 N–H and O–H groups in total. The third kappa shape index (κ3) is 3.83. The maximum Gasteiger partial charge on any atom is 0.294 e. The molecule has 9 nitrogen and oxygen atoms in total. The SMILES string of the molecule is O=C(CN1CCOCC1)N1CCN(Cc2nc3c(oc4ccccc43)c(=O)[nH]2)CC1. The molecule has 2 aliphatic rings. The highest BCUT2D eigenvalue weighted by molar-refractivity contribution is 6.01. The fourth-order valence-electron chi connectivity index (χ4n) is 4.14. The predicted molar refractivity (Wildman–Crippen MR) is 111 cm³/mol. The summed E-state index contributed by atoms with van der Waals surface area (Å²) in [5.74, 6) is 0.793. The Morgan fingerprint density at radius 1 is 1.03 bits per heavy atom. The van der Waals surface area contributed by atoms with Gasteiger partial charge in [-0.15, -0.1) is 0 Å². The molecule has 0 radical (unpaired) electrons. The van der Waals surface area contributed by atoms with Gasteiger partial charge >= 0.3 is 0 Å². The Hall–Kier alpha value is -2.75. The Morgan fingerprint density at radius 2 is 1.80 bits per heavy atom. The van der Waals surface area contributed by atoms with Crippen molar-refractivity contribution in [1.82, 2.24) is 24.7 Å². The number of hydrogen-bond donors (Lipinski definition) is 1. The number of aromatic amines is 1. The van der Waals surface area contributed by atoms with Crippen molar-refractivity contribution in [2.75, 3.05) is 59.0 Å². The first-order valence-corrected chi connectivity index (χ1v) is 10.4. The molecule has 4 heterocycles. The minimum absolute atomic E-state index is 0.175. The van der Waals surface area contributed by atoms with Crippen molar-refractivity contribution < 1.29 is 13.9 Å². The van der Waals surface area contributed by atoms with Gasteiger partial charge in [0.1, 0.15) is 16.9 Å². The number of carbonyl (C=O) groups is 1. The van der Waals surface area contributed by atoms with E-state index in [-0.39, 0.29) is 17.0 Å². The van der Waals surface area contributed by atoms with Gasteiger partial charge in [0.05, 0.1) is 26.3 Å². The Bertz CT molecular complexity index is 1110. The number of carbonyl (C=O) groups excluding carboxylic acids is 1. The van der Waals surface area contributed by atoms with E-state index in [1.165, 1.54) is 0 Å². The zero-order chi connectivity index (χ0) is 20.5. The fraction of sp³-hybridized carbons (Fsp3) is 0.476. The first-order chi connectivity index (χ1) is 14.7. The van der Waals surface area contributed by atoms with E-state index >= 15 is 0 Å². The summed E-state index contributed by atoms with van der Waals surface area (Å²) in [7, 11) is 0. The van der Waals surface area contributed by atoms with Crippen LogP contribution in [0.3, 0.4) is 0 Å². The molecule has 5 rings (SSSR count). The van der Waals surface area contributed by atoms with Crippen LogP contribution in [0.5, 0.6) is 0 Å². The molecule has 0 bridgehead atoms. The molecule has 2 fully saturated rings. The quantitative estimate of drug-likeness (QED) is 0.673. The summed E-state index contributed by atoms with van der Waals surface area (Å²) in [6.45, 7) is 6.90. The third-order valence-corrected chi connectivity index (χ3v) is 5.84. The number of nitrogens with one attached hydrogen (secondary N) is 1. The van der Waals surface area contributed by atoms with Crippen LogP contribution in [0.1, 0.15) is 5.82 Å². The number of morpholine rings is 1.